The number of furan rings is 1. The fraction of sp³-hybridized carbons (Fsp3) is 0. The zero-order valence-electron chi connectivity index (χ0n) is 16.6. The molecule has 0 unspecified atom stereocenters. The molecule has 0 atom stereocenters. The summed E-state index contributed by atoms with van der Waals surface area (Å²) in [6, 6.07) is 28.5. The van der Waals surface area contributed by atoms with Crippen LogP contribution < -0.4 is 0 Å². The van der Waals surface area contributed by atoms with Gasteiger partial charge in [0.25, 0.3) is 0 Å². The molecule has 4 heteroatoms. The van der Waals surface area contributed by atoms with Crippen molar-refractivity contribution in [3.05, 3.63) is 104 Å². The van der Waals surface area contributed by atoms with E-state index in [0.29, 0.717) is 5.82 Å². The smallest absolute Gasteiger partial charge is 0.159 e. The maximum Gasteiger partial charge on any atom is 0.159 e. The predicted octanol–water partition coefficient (Wildman–Crippen LogP) is 6.77. The van der Waals surface area contributed by atoms with Crippen LogP contribution >= 0.6 is 0 Å². The van der Waals surface area contributed by atoms with Crippen LogP contribution in [0.1, 0.15) is 0 Å². The molecule has 3 aromatic heterocycles. The van der Waals surface area contributed by atoms with Gasteiger partial charge in [-0.3, -0.25) is 4.98 Å². The van der Waals surface area contributed by atoms with Crippen LogP contribution in [0, 0.1) is 0 Å². The quantitative estimate of drug-likeness (QED) is 0.329. The summed E-state index contributed by atoms with van der Waals surface area (Å²) >= 11 is 0. The molecule has 0 N–H and O–H groups in total. The number of rotatable bonds is 3. The van der Waals surface area contributed by atoms with Crippen molar-refractivity contribution >= 4 is 21.9 Å². The molecule has 0 saturated heterocycles. The van der Waals surface area contributed by atoms with Gasteiger partial charge in [-0.2, -0.15) is 0 Å². The lowest BCUT2D eigenvalue weighted by atomic mass is 10.0. The van der Waals surface area contributed by atoms with Crippen molar-refractivity contribution in [2.45, 2.75) is 0 Å². The lowest BCUT2D eigenvalue weighted by molar-refractivity contribution is 0.669. The molecule has 3 aromatic carbocycles. The Bertz CT molecular complexity index is 1540. The molecule has 6 aromatic rings. The van der Waals surface area contributed by atoms with Crippen molar-refractivity contribution in [1.82, 2.24) is 15.0 Å². The van der Waals surface area contributed by atoms with E-state index in [1.165, 1.54) is 0 Å². The fourth-order valence-corrected chi connectivity index (χ4v) is 3.92. The van der Waals surface area contributed by atoms with E-state index in [0.717, 1.165) is 49.9 Å². The molecule has 0 bridgehead atoms. The van der Waals surface area contributed by atoms with Crippen LogP contribution in [0.3, 0.4) is 0 Å². The Morgan fingerprint density at radius 1 is 0.581 bits per heavy atom. The molecule has 0 aliphatic heterocycles. The van der Waals surface area contributed by atoms with Gasteiger partial charge in [0, 0.05) is 46.1 Å². The van der Waals surface area contributed by atoms with Gasteiger partial charge in [0.05, 0.1) is 5.69 Å². The van der Waals surface area contributed by atoms with Gasteiger partial charge in [0.2, 0.25) is 0 Å². The first-order valence-electron chi connectivity index (χ1n) is 10.1. The minimum Gasteiger partial charge on any atom is -0.456 e. The molecule has 0 spiro atoms. The molecule has 0 aliphatic carbocycles. The third-order valence-electron chi connectivity index (χ3n) is 5.45. The highest BCUT2D eigenvalue weighted by Crippen LogP contribution is 2.32. The molecule has 0 radical (unpaired) electrons. The van der Waals surface area contributed by atoms with Gasteiger partial charge >= 0.3 is 0 Å². The van der Waals surface area contributed by atoms with Crippen molar-refractivity contribution in [1.29, 1.82) is 0 Å². The van der Waals surface area contributed by atoms with E-state index in [1.54, 1.807) is 12.4 Å². The SMILES string of the molecule is c1cncc(-c2cccc(-c3nccc(-c4ccc5c(c4)oc4ccccc45)n3)c2)c1. The third kappa shape index (κ3) is 3.15. The van der Waals surface area contributed by atoms with E-state index >= 15 is 0 Å². The first kappa shape index (κ1) is 17.5. The summed E-state index contributed by atoms with van der Waals surface area (Å²) in [7, 11) is 0. The van der Waals surface area contributed by atoms with E-state index in [-0.39, 0.29) is 0 Å². The fourth-order valence-electron chi connectivity index (χ4n) is 3.92. The highest BCUT2D eigenvalue weighted by atomic mass is 16.3. The first-order valence-corrected chi connectivity index (χ1v) is 10.1. The van der Waals surface area contributed by atoms with Gasteiger partial charge < -0.3 is 4.42 Å². The van der Waals surface area contributed by atoms with E-state index in [1.807, 2.05) is 60.8 Å². The standard InChI is InChI=1S/C27H17N3O/c1-2-9-25-22(8-1)23-11-10-19(16-26(23)31-25)24-12-14-29-27(30-24)20-6-3-5-18(15-20)21-7-4-13-28-17-21/h1-17H. The van der Waals surface area contributed by atoms with Gasteiger partial charge in [-0.05, 0) is 42.0 Å². The van der Waals surface area contributed by atoms with Crippen LogP contribution in [0.4, 0.5) is 0 Å². The monoisotopic (exact) mass is 399 g/mol. The maximum atomic E-state index is 6.04. The molecule has 6 rings (SSSR count). The number of aromatic nitrogens is 3. The van der Waals surface area contributed by atoms with Crippen molar-refractivity contribution < 1.29 is 4.42 Å². The van der Waals surface area contributed by atoms with Crippen molar-refractivity contribution in [3.63, 3.8) is 0 Å². The molecule has 0 saturated carbocycles. The Morgan fingerprint density at radius 3 is 2.39 bits per heavy atom. The molecule has 3 heterocycles. The second kappa shape index (κ2) is 7.18. The second-order valence-electron chi connectivity index (χ2n) is 7.40. The predicted molar refractivity (Wildman–Crippen MR) is 123 cm³/mol. The van der Waals surface area contributed by atoms with Gasteiger partial charge in [-0.25, -0.2) is 9.97 Å². The first-order chi connectivity index (χ1) is 15.3. The minimum absolute atomic E-state index is 0.688. The zero-order chi connectivity index (χ0) is 20.6. The highest BCUT2D eigenvalue weighted by Gasteiger charge is 2.10. The van der Waals surface area contributed by atoms with E-state index in [2.05, 4.69) is 40.3 Å². The van der Waals surface area contributed by atoms with Crippen LogP contribution in [0.5, 0.6) is 0 Å². The van der Waals surface area contributed by atoms with E-state index < -0.39 is 0 Å². The topological polar surface area (TPSA) is 51.8 Å². The minimum atomic E-state index is 0.688. The molecule has 0 amide bonds. The number of fused-ring (bicyclic) bond motifs is 3. The number of hydrogen-bond acceptors (Lipinski definition) is 4. The average Bonchev–Trinajstić information content (AvgIpc) is 3.23. The van der Waals surface area contributed by atoms with Gasteiger partial charge in [-0.15, -0.1) is 0 Å². The third-order valence-corrected chi connectivity index (χ3v) is 5.45. The largest absolute Gasteiger partial charge is 0.456 e. The van der Waals surface area contributed by atoms with Gasteiger partial charge in [0.15, 0.2) is 5.82 Å². The van der Waals surface area contributed by atoms with Gasteiger partial charge in [0.1, 0.15) is 11.2 Å². The average molecular weight is 399 g/mol. The summed E-state index contributed by atoms with van der Waals surface area (Å²) in [6.07, 6.45) is 5.44. The highest BCUT2D eigenvalue weighted by molar-refractivity contribution is 6.05. The van der Waals surface area contributed by atoms with Crippen LogP contribution in [0.2, 0.25) is 0 Å². The van der Waals surface area contributed by atoms with Crippen molar-refractivity contribution in [2.75, 3.05) is 0 Å². The summed E-state index contributed by atoms with van der Waals surface area (Å²) in [6.45, 7) is 0. The van der Waals surface area contributed by atoms with Gasteiger partial charge in [-0.1, -0.05) is 48.5 Å². The molecule has 0 fully saturated rings. The lowest BCUT2D eigenvalue weighted by Gasteiger charge is -2.07. The van der Waals surface area contributed by atoms with Crippen LogP contribution in [0.15, 0.2) is 108 Å². The molecule has 31 heavy (non-hydrogen) atoms. The Labute approximate surface area is 178 Å². The number of para-hydroxylation sites is 1. The molecule has 146 valence electrons. The van der Waals surface area contributed by atoms with Crippen LogP contribution in [-0.2, 0) is 0 Å². The molecule has 4 nitrogen and oxygen atoms in total. The Kier molecular flexibility index (Phi) is 4.06. The summed E-state index contributed by atoms with van der Waals surface area (Å²) < 4.78 is 6.04. The summed E-state index contributed by atoms with van der Waals surface area (Å²) in [5, 5.41) is 2.23. The number of nitrogens with zero attached hydrogens (tertiary/aromatic N) is 3. The zero-order valence-corrected chi connectivity index (χ0v) is 16.6. The summed E-state index contributed by atoms with van der Waals surface area (Å²) in [5.41, 5.74) is 6.73. The number of hydrogen-bond donors (Lipinski definition) is 0. The summed E-state index contributed by atoms with van der Waals surface area (Å²) in [4.78, 5) is 13.6. The van der Waals surface area contributed by atoms with E-state index in [9.17, 15) is 0 Å². The number of pyridine rings is 1. The summed E-state index contributed by atoms with van der Waals surface area (Å²) in [5.74, 6) is 0.688. The molecular formula is C27H17N3O. The lowest BCUT2D eigenvalue weighted by Crippen LogP contribution is -1.92. The Morgan fingerprint density at radius 2 is 1.45 bits per heavy atom. The maximum absolute atomic E-state index is 6.04. The normalized spacial score (nSPS) is 11.2. The molecular weight excluding hydrogens is 382 g/mol. The van der Waals surface area contributed by atoms with Crippen molar-refractivity contribution in [3.8, 4) is 33.8 Å². The van der Waals surface area contributed by atoms with Crippen LogP contribution in [0.25, 0.3) is 55.7 Å². The second-order valence-corrected chi connectivity index (χ2v) is 7.40. The molecule has 0 aliphatic rings. The Balaban J connectivity index is 1.42. The Hall–Kier alpha value is -4.31. The van der Waals surface area contributed by atoms with E-state index in [4.69, 9.17) is 9.40 Å². The van der Waals surface area contributed by atoms with Crippen LogP contribution in [-0.4, -0.2) is 15.0 Å². The number of benzene rings is 3. The van der Waals surface area contributed by atoms with Crippen molar-refractivity contribution in [2.24, 2.45) is 0 Å².